The number of nitrogens with one attached hydrogen (secondary N) is 2. The average molecular weight is 855 g/mol. The molecule has 2 N–H and O–H groups in total. The summed E-state index contributed by atoms with van der Waals surface area (Å²) in [5.74, 6) is -2.55. The van der Waals surface area contributed by atoms with Crippen molar-refractivity contribution in [1.82, 2.24) is 29.9 Å². The smallest absolute Gasteiger partial charge is 0.433 e. The van der Waals surface area contributed by atoms with Crippen molar-refractivity contribution < 1.29 is 46.7 Å². The maximum Gasteiger partial charge on any atom is 0.433 e. The zero-order chi connectivity index (χ0) is 43.5. The molecule has 4 fully saturated rings. The Morgan fingerprint density at radius 2 is 1.60 bits per heavy atom. The van der Waals surface area contributed by atoms with E-state index in [0.717, 1.165) is 66.6 Å². The van der Waals surface area contributed by atoms with Crippen molar-refractivity contribution >= 4 is 57.7 Å². The molecule has 9 rings (SSSR count). The number of piperidine rings is 3. The van der Waals surface area contributed by atoms with Crippen LogP contribution in [0.1, 0.15) is 107 Å². The Labute approximate surface area is 353 Å². The summed E-state index contributed by atoms with van der Waals surface area (Å²) in [6.07, 6.45) is 4.43. The third kappa shape index (κ3) is 7.63. The highest BCUT2D eigenvalue weighted by molar-refractivity contribution is 6.23. The second-order valence-corrected chi connectivity index (χ2v) is 17.1. The molecule has 0 bridgehead atoms. The van der Waals surface area contributed by atoms with E-state index < -0.39 is 47.4 Å². The van der Waals surface area contributed by atoms with Gasteiger partial charge in [0.25, 0.3) is 17.7 Å². The maximum atomic E-state index is 13.8. The number of likely N-dealkylation sites (tertiary alicyclic amines) is 1. The number of hydrogen-bond donors (Lipinski definition) is 2. The van der Waals surface area contributed by atoms with Crippen molar-refractivity contribution in [3.63, 3.8) is 0 Å². The lowest BCUT2D eigenvalue weighted by atomic mass is 9.67. The number of aromatic nitrogens is 3. The first-order chi connectivity index (χ1) is 29.7. The number of carbonyl (C=O) groups is 6. The molecular weight excluding hydrogens is 810 g/mol. The summed E-state index contributed by atoms with van der Waals surface area (Å²) in [5, 5.41) is 10.4. The number of nitrogens with zero attached hydrogens (tertiary/aromatic N) is 6. The Balaban J connectivity index is 0.766. The van der Waals surface area contributed by atoms with E-state index in [9.17, 15) is 41.9 Å². The standard InChI is InChI=1S/C44H45F3N8O7/c1-62-35-23-32-26(21-33(35)49-38(57)31-3-2-4-36(48-31)44(45,46)47)24-54(51-32)27-9-13-43(14-10-27)15-19-53(20-16-43)40(59)25-11-17-52(18-12-25)28-5-6-29-30(22-28)42(61)55(41(29)60)34-7-8-37(56)50-39(34)58/h2-6,21-25,27,34H,7-20H2,1H3,(H,49,57)(H,50,56,58). The first-order valence-electron chi connectivity index (χ1n) is 21.0. The van der Waals surface area contributed by atoms with Crippen LogP contribution in [0.5, 0.6) is 5.75 Å². The third-order valence-corrected chi connectivity index (χ3v) is 13.5. The van der Waals surface area contributed by atoms with Crippen LogP contribution in [-0.4, -0.2) is 99.3 Å². The van der Waals surface area contributed by atoms with Crippen LogP contribution in [-0.2, 0) is 20.6 Å². The van der Waals surface area contributed by atoms with Gasteiger partial charge in [-0.1, -0.05) is 6.07 Å². The molecule has 5 aliphatic rings. The number of anilines is 2. The molecule has 1 aliphatic carbocycles. The molecule has 0 radical (unpaired) electrons. The van der Waals surface area contributed by atoms with Crippen molar-refractivity contribution in [3.05, 3.63) is 77.2 Å². The fourth-order valence-corrected chi connectivity index (χ4v) is 9.91. The number of fused-ring (bicyclic) bond motifs is 2. The van der Waals surface area contributed by atoms with Gasteiger partial charge in [0, 0.05) is 61.9 Å². The van der Waals surface area contributed by atoms with Crippen molar-refractivity contribution in [2.45, 2.75) is 82.5 Å². The topological polar surface area (TPSA) is 176 Å². The fourth-order valence-electron chi connectivity index (χ4n) is 9.91. The molecule has 1 saturated carbocycles. The van der Waals surface area contributed by atoms with Crippen LogP contribution in [0.15, 0.2) is 54.7 Å². The number of rotatable bonds is 7. The SMILES string of the molecule is COc1cc2nn(C3CCC4(CC3)CCN(C(=O)C3CCN(c5ccc6c(c5)C(=O)N(C5CCC(=O)NC5=O)C6=O)CC3)CC4)cc2cc1NC(=O)c1cccc(C(F)(F)F)n1. The minimum Gasteiger partial charge on any atom is -0.494 e. The van der Waals surface area contributed by atoms with Crippen molar-refractivity contribution in [2.24, 2.45) is 11.3 Å². The van der Waals surface area contributed by atoms with Gasteiger partial charge < -0.3 is 19.9 Å². The van der Waals surface area contributed by atoms with Gasteiger partial charge in [-0.15, -0.1) is 0 Å². The molecule has 4 aliphatic heterocycles. The minimum atomic E-state index is -4.68. The van der Waals surface area contributed by atoms with E-state index in [1.54, 1.807) is 30.3 Å². The van der Waals surface area contributed by atoms with E-state index in [-0.39, 0.29) is 58.6 Å². The van der Waals surface area contributed by atoms with Crippen LogP contribution in [0, 0.1) is 11.3 Å². The minimum absolute atomic E-state index is 0.0555. The fraction of sp³-hybridized carbons (Fsp3) is 0.455. The zero-order valence-electron chi connectivity index (χ0n) is 34.0. The monoisotopic (exact) mass is 854 g/mol. The number of methoxy groups -OCH3 is 1. The lowest BCUT2D eigenvalue weighted by molar-refractivity contribution is -0.141. The summed E-state index contributed by atoms with van der Waals surface area (Å²) in [7, 11) is 1.44. The second kappa shape index (κ2) is 15.9. The van der Waals surface area contributed by atoms with Gasteiger partial charge in [0.05, 0.1) is 35.5 Å². The Bertz CT molecular complexity index is 2500. The lowest BCUT2D eigenvalue weighted by Crippen LogP contribution is -2.54. The van der Waals surface area contributed by atoms with Gasteiger partial charge in [-0.2, -0.15) is 18.3 Å². The number of halogens is 3. The quantitative estimate of drug-likeness (QED) is 0.218. The van der Waals surface area contributed by atoms with Gasteiger partial charge in [0.2, 0.25) is 17.7 Å². The molecule has 324 valence electrons. The number of alkyl halides is 3. The Kier molecular flexibility index (Phi) is 10.5. The Morgan fingerprint density at radius 1 is 0.871 bits per heavy atom. The molecule has 2 aromatic heterocycles. The van der Waals surface area contributed by atoms with Gasteiger partial charge in [0.15, 0.2) is 0 Å². The number of amides is 6. The van der Waals surface area contributed by atoms with E-state index >= 15 is 0 Å². The van der Waals surface area contributed by atoms with Gasteiger partial charge in [-0.25, -0.2) is 4.98 Å². The number of hydrogen-bond acceptors (Lipinski definition) is 10. The molecule has 3 saturated heterocycles. The first-order valence-corrected chi connectivity index (χ1v) is 21.0. The molecule has 1 atom stereocenters. The van der Waals surface area contributed by atoms with Gasteiger partial charge in [0.1, 0.15) is 23.2 Å². The predicted octanol–water partition coefficient (Wildman–Crippen LogP) is 5.75. The Morgan fingerprint density at radius 3 is 2.29 bits per heavy atom. The van der Waals surface area contributed by atoms with Crippen LogP contribution >= 0.6 is 0 Å². The summed E-state index contributed by atoms with van der Waals surface area (Å²) in [6.45, 7) is 2.67. The van der Waals surface area contributed by atoms with Crippen LogP contribution in [0.4, 0.5) is 24.5 Å². The highest BCUT2D eigenvalue weighted by atomic mass is 19.4. The first kappa shape index (κ1) is 41.0. The molecule has 15 nitrogen and oxygen atoms in total. The third-order valence-electron chi connectivity index (χ3n) is 13.5. The number of carbonyl (C=O) groups excluding carboxylic acids is 6. The molecule has 2 aromatic carbocycles. The van der Waals surface area contributed by atoms with E-state index in [1.807, 2.05) is 15.8 Å². The van der Waals surface area contributed by atoms with E-state index in [2.05, 4.69) is 20.5 Å². The number of imide groups is 2. The second-order valence-electron chi connectivity index (χ2n) is 17.1. The normalized spacial score (nSPS) is 21.1. The largest absolute Gasteiger partial charge is 0.494 e. The number of pyridine rings is 1. The molecule has 6 amide bonds. The highest BCUT2D eigenvalue weighted by Crippen LogP contribution is 2.48. The van der Waals surface area contributed by atoms with E-state index in [4.69, 9.17) is 9.84 Å². The van der Waals surface area contributed by atoms with Crippen LogP contribution < -0.4 is 20.3 Å². The number of benzene rings is 2. The summed E-state index contributed by atoms with van der Waals surface area (Å²) < 4.78 is 47.1. The van der Waals surface area contributed by atoms with Crippen LogP contribution in [0.3, 0.4) is 0 Å². The lowest BCUT2D eigenvalue weighted by Gasteiger charge is -2.47. The van der Waals surface area contributed by atoms with Gasteiger partial charge in [-0.3, -0.25) is 43.7 Å². The van der Waals surface area contributed by atoms with Gasteiger partial charge in [-0.05, 0) is 99.6 Å². The molecular formula is C44H45F3N8O7. The molecule has 18 heteroatoms. The molecule has 6 heterocycles. The van der Waals surface area contributed by atoms with Crippen LogP contribution in [0.25, 0.3) is 10.9 Å². The summed E-state index contributed by atoms with van der Waals surface area (Å²) >= 11 is 0. The highest BCUT2D eigenvalue weighted by Gasteiger charge is 2.45. The Hall–Kier alpha value is -6.33. The summed E-state index contributed by atoms with van der Waals surface area (Å²) in [4.78, 5) is 85.9. The van der Waals surface area contributed by atoms with Gasteiger partial charge >= 0.3 is 6.18 Å². The molecule has 4 aromatic rings. The van der Waals surface area contributed by atoms with E-state index in [0.29, 0.717) is 50.3 Å². The van der Waals surface area contributed by atoms with E-state index in [1.165, 1.54) is 13.2 Å². The summed E-state index contributed by atoms with van der Waals surface area (Å²) in [6, 6.07) is 10.8. The predicted molar refractivity (Wildman–Crippen MR) is 217 cm³/mol. The molecule has 1 unspecified atom stereocenters. The molecule has 1 spiro atoms. The van der Waals surface area contributed by atoms with Crippen molar-refractivity contribution in [2.75, 3.05) is 43.5 Å². The van der Waals surface area contributed by atoms with Crippen molar-refractivity contribution in [1.29, 1.82) is 0 Å². The average Bonchev–Trinajstić information content (AvgIpc) is 3.80. The zero-order valence-corrected chi connectivity index (χ0v) is 34.0. The summed E-state index contributed by atoms with van der Waals surface area (Å²) in [5.41, 5.74) is 0.826. The van der Waals surface area contributed by atoms with Crippen LogP contribution in [0.2, 0.25) is 0 Å². The maximum absolute atomic E-state index is 13.8. The molecule has 62 heavy (non-hydrogen) atoms. The number of ether oxygens (including phenoxy) is 1. The van der Waals surface area contributed by atoms with Crippen molar-refractivity contribution in [3.8, 4) is 5.75 Å².